The van der Waals surface area contributed by atoms with Gasteiger partial charge in [0.25, 0.3) is 0 Å². The highest BCUT2D eigenvalue weighted by atomic mass is 16.5. The number of rotatable bonds is 7. The molecular weight excluding hydrogens is 268 g/mol. The number of piperidine rings is 1. The van der Waals surface area contributed by atoms with E-state index in [4.69, 9.17) is 4.74 Å². The van der Waals surface area contributed by atoms with Crippen molar-refractivity contribution in [1.82, 2.24) is 10.2 Å². The minimum absolute atomic E-state index is 0.0139. The molecular formula is C16H30N2O3. The Bertz CT molecular complexity index is 344. The lowest BCUT2D eigenvalue weighted by Crippen LogP contribution is -2.51. The highest BCUT2D eigenvalue weighted by Gasteiger charge is 2.28. The lowest BCUT2D eigenvalue weighted by atomic mass is 9.90. The van der Waals surface area contributed by atoms with Crippen molar-refractivity contribution in [3.63, 3.8) is 0 Å². The Morgan fingerprint density at radius 3 is 2.57 bits per heavy atom. The maximum atomic E-state index is 11.9. The van der Waals surface area contributed by atoms with Gasteiger partial charge in [-0.2, -0.15) is 0 Å². The molecule has 0 bridgehead atoms. The van der Waals surface area contributed by atoms with Crippen LogP contribution in [0.1, 0.15) is 47.0 Å². The predicted octanol–water partition coefficient (Wildman–Crippen LogP) is 1.81. The number of likely N-dealkylation sites (tertiary alicyclic amines) is 1. The van der Waals surface area contributed by atoms with Crippen molar-refractivity contribution >= 4 is 11.9 Å². The number of nitrogens with one attached hydrogen (secondary N) is 1. The quantitative estimate of drug-likeness (QED) is 0.728. The Kier molecular flexibility index (Phi) is 7.72. The summed E-state index contributed by atoms with van der Waals surface area (Å²) in [5, 5.41) is 3.13. The summed E-state index contributed by atoms with van der Waals surface area (Å²) in [6.45, 7) is 11.1. The normalized spacial score (nSPS) is 23.1. The topological polar surface area (TPSA) is 58.6 Å². The molecule has 1 rings (SSSR count). The molecule has 1 N–H and O–H groups in total. The van der Waals surface area contributed by atoms with E-state index >= 15 is 0 Å². The van der Waals surface area contributed by atoms with Gasteiger partial charge in [0.15, 0.2) is 0 Å². The van der Waals surface area contributed by atoms with E-state index in [1.807, 2.05) is 20.8 Å². The Morgan fingerprint density at radius 2 is 2.00 bits per heavy atom. The van der Waals surface area contributed by atoms with E-state index in [-0.39, 0.29) is 23.8 Å². The largest absolute Gasteiger partial charge is 0.466 e. The molecule has 5 heteroatoms. The molecule has 2 atom stereocenters. The zero-order valence-electron chi connectivity index (χ0n) is 13.9. The van der Waals surface area contributed by atoms with Gasteiger partial charge in [-0.1, -0.05) is 20.8 Å². The Hall–Kier alpha value is -1.10. The maximum absolute atomic E-state index is 11.9. The van der Waals surface area contributed by atoms with Gasteiger partial charge in [-0.3, -0.25) is 9.59 Å². The van der Waals surface area contributed by atoms with Gasteiger partial charge < -0.3 is 15.0 Å². The second-order valence-electron chi connectivity index (χ2n) is 6.16. The van der Waals surface area contributed by atoms with Gasteiger partial charge >= 0.3 is 5.97 Å². The molecule has 21 heavy (non-hydrogen) atoms. The van der Waals surface area contributed by atoms with Crippen LogP contribution in [0.2, 0.25) is 0 Å². The van der Waals surface area contributed by atoms with Crippen molar-refractivity contribution in [2.45, 2.75) is 53.0 Å². The van der Waals surface area contributed by atoms with Crippen LogP contribution in [0.3, 0.4) is 0 Å². The predicted molar refractivity (Wildman–Crippen MR) is 82.9 cm³/mol. The van der Waals surface area contributed by atoms with Crippen LogP contribution in [-0.4, -0.2) is 49.1 Å². The molecule has 1 aliphatic rings. The fraction of sp³-hybridized carbons (Fsp3) is 0.875. The van der Waals surface area contributed by atoms with Crippen LogP contribution < -0.4 is 5.32 Å². The number of esters is 1. The highest BCUT2D eigenvalue weighted by molar-refractivity contribution is 5.78. The summed E-state index contributed by atoms with van der Waals surface area (Å²) < 4.78 is 4.99. The lowest BCUT2D eigenvalue weighted by Gasteiger charge is -2.37. The molecule has 5 nitrogen and oxygen atoms in total. The van der Waals surface area contributed by atoms with Crippen LogP contribution >= 0.6 is 0 Å². The van der Waals surface area contributed by atoms with Crippen LogP contribution in [0.4, 0.5) is 0 Å². The van der Waals surface area contributed by atoms with Crippen LogP contribution in [-0.2, 0) is 14.3 Å². The van der Waals surface area contributed by atoms with Gasteiger partial charge in [0.05, 0.1) is 6.61 Å². The Labute approximate surface area is 128 Å². The summed E-state index contributed by atoms with van der Waals surface area (Å²) in [4.78, 5) is 25.7. The smallest absolute Gasteiger partial charge is 0.305 e. The van der Waals surface area contributed by atoms with E-state index in [0.717, 1.165) is 32.5 Å². The number of carbonyl (C=O) groups excluding carboxylic acids is 2. The summed E-state index contributed by atoms with van der Waals surface area (Å²) in [5.74, 6) is 0.455. The van der Waals surface area contributed by atoms with Gasteiger partial charge in [-0.05, 0) is 32.2 Å². The Morgan fingerprint density at radius 1 is 1.29 bits per heavy atom. The average Bonchev–Trinajstić information content (AvgIpc) is 2.45. The van der Waals surface area contributed by atoms with Crippen LogP contribution in [0.5, 0.6) is 0 Å². The van der Waals surface area contributed by atoms with E-state index in [1.54, 1.807) is 0 Å². The third-order valence-corrected chi connectivity index (χ3v) is 3.99. The van der Waals surface area contributed by atoms with E-state index in [0.29, 0.717) is 18.9 Å². The number of hydrogen-bond donors (Lipinski definition) is 1. The van der Waals surface area contributed by atoms with Gasteiger partial charge in [0.1, 0.15) is 0 Å². The molecule has 0 saturated carbocycles. The molecule has 1 amide bonds. The van der Waals surface area contributed by atoms with E-state index in [9.17, 15) is 9.59 Å². The van der Waals surface area contributed by atoms with Crippen molar-refractivity contribution in [3.8, 4) is 0 Å². The van der Waals surface area contributed by atoms with Gasteiger partial charge in [-0.25, -0.2) is 0 Å². The van der Waals surface area contributed by atoms with Gasteiger partial charge in [0.2, 0.25) is 5.91 Å². The number of amides is 1. The zero-order chi connectivity index (χ0) is 15.8. The van der Waals surface area contributed by atoms with Crippen molar-refractivity contribution in [3.05, 3.63) is 0 Å². The Balaban J connectivity index is 2.48. The molecule has 122 valence electrons. The van der Waals surface area contributed by atoms with E-state index < -0.39 is 0 Å². The summed E-state index contributed by atoms with van der Waals surface area (Å²) in [5.41, 5.74) is 0. The highest BCUT2D eigenvalue weighted by Crippen LogP contribution is 2.22. The first-order chi connectivity index (χ1) is 9.96. The van der Waals surface area contributed by atoms with Crippen LogP contribution in [0.25, 0.3) is 0 Å². The summed E-state index contributed by atoms with van der Waals surface area (Å²) in [7, 11) is 0. The SMILES string of the molecule is CCOC(=O)CCC1CC(NC(=O)C(C)C)CN(CC)C1. The van der Waals surface area contributed by atoms with E-state index in [1.165, 1.54) is 0 Å². The summed E-state index contributed by atoms with van der Waals surface area (Å²) >= 11 is 0. The van der Waals surface area contributed by atoms with Gasteiger partial charge in [0, 0.05) is 31.5 Å². The molecule has 0 aliphatic carbocycles. The number of nitrogens with zero attached hydrogens (tertiary/aromatic N) is 1. The number of carbonyl (C=O) groups is 2. The first kappa shape index (κ1) is 18.0. The number of ether oxygens (including phenoxy) is 1. The molecule has 0 aromatic rings. The van der Waals surface area contributed by atoms with Crippen LogP contribution in [0, 0.1) is 11.8 Å². The second-order valence-corrected chi connectivity index (χ2v) is 6.16. The molecule has 1 heterocycles. The standard InChI is InChI=1S/C16H30N2O3/c1-5-18-10-13(7-8-15(19)21-6-2)9-14(11-18)17-16(20)12(3)4/h12-14H,5-11H2,1-4H3,(H,17,20). The molecule has 1 saturated heterocycles. The molecule has 0 aromatic carbocycles. The molecule has 0 radical (unpaired) electrons. The molecule has 0 aromatic heterocycles. The minimum atomic E-state index is -0.117. The zero-order valence-corrected chi connectivity index (χ0v) is 13.9. The maximum Gasteiger partial charge on any atom is 0.305 e. The van der Waals surface area contributed by atoms with Crippen molar-refractivity contribution in [2.24, 2.45) is 11.8 Å². The molecule has 2 unspecified atom stereocenters. The fourth-order valence-corrected chi connectivity index (χ4v) is 2.80. The van der Waals surface area contributed by atoms with E-state index in [2.05, 4.69) is 17.1 Å². The molecule has 0 spiro atoms. The van der Waals surface area contributed by atoms with Crippen molar-refractivity contribution in [1.29, 1.82) is 0 Å². The summed E-state index contributed by atoms with van der Waals surface area (Å²) in [6.07, 6.45) is 2.26. The summed E-state index contributed by atoms with van der Waals surface area (Å²) in [6, 6.07) is 0.195. The van der Waals surface area contributed by atoms with Gasteiger partial charge in [-0.15, -0.1) is 0 Å². The third-order valence-electron chi connectivity index (χ3n) is 3.99. The third kappa shape index (κ3) is 6.46. The van der Waals surface area contributed by atoms with Crippen molar-refractivity contribution in [2.75, 3.05) is 26.2 Å². The minimum Gasteiger partial charge on any atom is -0.466 e. The lowest BCUT2D eigenvalue weighted by molar-refractivity contribution is -0.143. The average molecular weight is 298 g/mol. The number of likely N-dealkylation sites (N-methyl/N-ethyl adjacent to an activating group) is 1. The molecule has 1 fully saturated rings. The first-order valence-electron chi connectivity index (χ1n) is 8.14. The first-order valence-corrected chi connectivity index (χ1v) is 8.14. The second kappa shape index (κ2) is 9.03. The number of hydrogen-bond acceptors (Lipinski definition) is 4. The van der Waals surface area contributed by atoms with Crippen LogP contribution in [0.15, 0.2) is 0 Å². The van der Waals surface area contributed by atoms with Crippen molar-refractivity contribution < 1.29 is 14.3 Å². The molecule has 1 aliphatic heterocycles. The fourth-order valence-electron chi connectivity index (χ4n) is 2.80. The monoisotopic (exact) mass is 298 g/mol.